The predicted octanol–water partition coefficient (Wildman–Crippen LogP) is 4.76. The van der Waals surface area contributed by atoms with E-state index in [2.05, 4.69) is 30.6 Å². The van der Waals surface area contributed by atoms with Gasteiger partial charge in [-0.3, -0.25) is 9.79 Å². The van der Waals surface area contributed by atoms with Crippen LogP contribution in [0.3, 0.4) is 0 Å². The highest BCUT2D eigenvalue weighted by molar-refractivity contribution is 8.14. The molecule has 0 saturated heterocycles. The van der Waals surface area contributed by atoms with Crippen molar-refractivity contribution in [1.82, 2.24) is 5.32 Å². The highest BCUT2D eigenvalue weighted by atomic mass is 32.2. The summed E-state index contributed by atoms with van der Waals surface area (Å²) in [6.07, 6.45) is 3.99. The number of nitrogens with one attached hydrogen (secondary N) is 1. The minimum absolute atomic E-state index is 0.145. The van der Waals surface area contributed by atoms with Crippen molar-refractivity contribution in [1.29, 1.82) is 0 Å². The quantitative estimate of drug-likeness (QED) is 0.770. The number of rotatable bonds is 4. The van der Waals surface area contributed by atoms with Gasteiger partial charge in [-0.2, -0.15) is 0 Å². The molecule has 1 aromatic carbocycles. The Morgan fingerprint density at radius 2 is 2.12 bits per heavy atom. The number of aliphatic imine (C=N–C) groups is 1. The Morgan fingerprint density at radius 1 is 1.35 bits per heavy atom. The third-order valence-electron chi connectivity index (χ3n) is 5.04. The Bertz CT molecular complexity index is 871. The fraction of sp³-hybridized carbons (Fsp3) is 0.400. The molecule has 1 amide bonds. The lowest BCUT2D eigenvalue weighted by Crippen LogP contribution is -2.23. The summed E-state index contributed by atoms with van der Waals surface area (Å²) in [4.78, 5) is 18.7. The standard InChI is InChI=1S/C20H22N2O2S2/c1-11-17-15(8-9-16-18(17)22-12(2)26-16)24-19(11)20(23)21-10-13-4-6-14(25-3)7-5-13/h4-7,16,18H,8-10H2,1-3H3,(H,21,23)/t16-,18-/m0/s1. The van der Waals surface area contributed by atoms with Gasteiger partial charge < -0.3 is 9.73 Å². The highest BCUT2D eigenvalue weighted by Gasteiger charge is 2.39. The third-order valence-corrected chi connectivity index (χ3v) is 7.02. The largest absolute Gasteiger partial charge is 0.455 e. The molecular weight excluding hydrogens is 364 g/mol. The summed E-state index contributed by atoms with van der Waals surface area (Å²) in [5.41, 5.74) is 3.17. The van der Waals surface area contributed by atoms with Gasteiger partial charge in [0, 0.05) is 34.2 Å². The van der Waals surface area contributed by atoms with Gasteiger partial charge in [0.25, 0.3) is 5.91 Å². The third kappa shape index (κ3) is 3.21. The first-order chi connectivity index (χ1) is 12.6. The number of amides is 1. The Labute approximate surface area is 162 Å². The average molecular weight is 387 g/mol. The minimum atomic E-state index is -0.145. The van der Waals surface area contributed by atoms with Crippen LogP contribution in [-0.4, -0.2) is 22.5 Å². The molecule has 0 bridgehead atoms. The van der Waals surface area contributed by atoms with Crippen LogP contribution in [0, 0.1) is 6.92 Å². The zero-order chi connectivity index (χ0) is 18.3. The van der Waals surface area contributed by atoms with Gasteiger partial charge in [0.05, 0.1) is 11.1 Å². The van der Waals surface area contributed by atoms with Crippen molar-refractivity contribution in [3.05, 3.63) is 52.5 Å². The number of fused-ring (bicyclic) bond motifs is 3. The van der Waals surface area contributed by atoms with Crippen LogP contribution in [0.15, 0.2) is 38.6 Å². The molecule has 1 N–H and O–H groups in total. The van der Waals surface area contributed by atoms with Crippen molar-refractivity contribution in [2.24, 2.45) is 4.99 Å². The molecule has 0 fully saturated rings. The zero-order valence-electron chi connectivity index (χ0n) is 15.2. The van der Waals surface area contributed by atoms with E-state index in [9.17, 15) is 4.79 Å². The molecule has 2 atom stereocenters. The molecule has 6 heteroatoms. The lowest BCUT2D eigenvalue weighted by Gasteiger charge is -2.22. The second-order valence-corrected chi connectivity index (χ2v) is 9.02. The Hall–Kier alpha value is -1.66. The van der Waals surface area contributed by atoms with Gasteiger partial charge in [-0.05, 0) is 44.2 Å². The van der Waals surface area contributed by atoms with Crippen molar-refractivity contribution in [2.75, 3.05) is 6.26 Å². The van der Waals surface area contributed by atoms with E-state index in [1.807, 2.05) is 30.8 Å². The van der Waals surface area contributed by atoms with E-state index in [1.165, 1.54) is 4.90 Å². The molecule has 0 spiro atoms. The first kappa shape index (κ1) is 17.7. The first-order valence-electron chi connectivity index (χ1n) is 8.81. The molecule has 2 aliphatic rings. The van der Waals surface area contributed by atoms with Crippen molar-refractivity contribution < 1.29 is 9.21 Å². The lowest BCUT2D eigenvalue weighted by molar-refractivity contribution is 0.0920. The molecule has 4 rings (SSSR count). The number of thioether (sulfide) groups is 2. The molecule has 1 aliphatic carbocycles. The Morgan fingerprint density at radius 3 is 2.85 bits per heavy atom. The number of hydrogen-bond acceptors (Lipinski definition) is 5. The van der Waals surface area contributed by atoms with Gasteiger partial charge in [0.1, 0.15) is 5.76 Å². The Kier molecular flexibility index (Phi) is 4.88. The molecule has 26 heavy (non-hydrogen) atoms. The van der Waals surface area contributed by atoms with Crippen LogP contribution in [0.25, 0.3) is 0 Å². The number of carbonyl (C=O) groups is 1. The van der Waals surface area contributed by atoms with Crippen molar-refractivity contribution in [2.45, 2.75) is 49.4 Å². The maximum atomic E-state index is 12.7. The Balaban J connectivity index is 1.51. The van der Waals surface area contributed by atoms with Crippen molar-refractivity contribution >= 4 is 34.5 Å². The van der Waals surface area contributed by atoms with Gasteiger partial charge in [-0.1, -0.05) is 12.1 Å². The summed E-state index contributed by atoms with van der Waals surface area (Å²) in [5.74, 6) is 1.24. The van der Waals surface area contributed by atoms with Gasteiger partial charge in [-0.25, -0.2) is 0 Å². The van der Waals surface area contributed by atoms with Crippen LogP contribution in [0.1, 0.15) is 52.4 Å². The molecular formula is C20H22N2O2S2. The van der Waals surface area contributed by atoms with E-state index in [0.29, 0.717) is 17.6 Å². The van der Waals surface area contributed by atoms with Crippen LogP contribution in [-0.2, 0) is 13.0 Å². The van der Waals surface area contributed by atoms with Gasteiger partial charge in [0.2, 0.25) is 0 Å². The average Bonchev–Trinajstić information content (AvgIpc) is 3.19. The number of carbonyl (C=O) groups excluding carboxylic acids is 1. The number of hydrogen-bond donors (Lipinski definition) is 1. The van der Waals surface area contributed by atoms with Crippen LogP contribution in [0.5, 0.6) is 0 Å². The van der Waals surface area contributed by atoms with E-state index < -0.39 is 0 Å². The smallest absolute Gasteiger partial charge is 0.287 e. The molecule has 1 aromatic heterocycles. The SMILES string of the molecule is CSc1ccc(CNC(=O)c2oc3c(c2C)[C@H]2N=C(C)S[C@H]2CC3)cc1. The molecule has 1 aliphatic heterocycles. The summed E-state index contributed by atoms with van der Waals surface area (Å²) in [6, 6.07) is 8.38. The van der Waals surface area contributed by atoms with Gasteiger partial charge in [0.15, 0.2) is 5.76 Å². The van der Waals surface area contributed by atoms with Crippen LogP contribution in [0.2, 0.25) is 0 Å². The summed E-state index contributed by atoms with van der Waals surface area (Å²) in [7, 11) is 0. The molecule has 4 nitrogen and oxygen atoms in total. The second-order valence-electron chi connectivity index (χ2n) is 6.71. The monoisotopic (exact) mass is 386 g/mol. The minimum Gasteiger partial charge on any atom is -0.455 e. The van der Waals surface area contributed by atoms with Gasteiger partial charge in [-0.15, -0.1) is 23.5 Å². The van der Waals surface area contributed by atoms with E-state index in [0.717, 1.165) is 40.3 Å². The topological polar surface area (TPSA) is 54.6 Å². The fourth-order valence-electron chi connectivity index (χ4n) is 3.71. The molecule has 0 radical (unpaired) electrons. The molecule has 136 valence electrons. The highest BCUT2D eigenvalue weighted by Crippen LogP contribution is 2.47. The lowest BCUT2D eigenvalue weighted by atomic mass is 9.90. The van der Waals surface area contributed by atoms with E-state index in [-0.39, 0.29) is 11.9 Å². The van der Waals surface area contributed by atoms with E-state index >= 15 is 0 Å². The summed E-state index contributed by atoms with van der Waals surface area (Å²) in [5, 5.41) is 4.61. The van der Waals surface area contributed by atoms with Crippen molar-refractivity contribution in [3.8, 4) is 0 Å². The van der Waals surface area contributed by atoms with E-state index in [4.69, 9.17) is 9.41 Å². The maximum Gasteiger partial charge on any atom is 0.287 e. The first-order valence-corrected chi connectivity index (χ1v) is 10.9. The molecule has 2 heterocycles. The number of nitrogens with zero attached hydrogens (tertiary/aromatic N) is 1. The van der Waals surface area contributed by atoms with Crippen LogP contribution < -0.4 is 5.32 Å². The van der Waals surface area contributed by atoms with Gasteiger partial charge >= 0.3 is 0 Å². The summed E-state index contributed by atoms with van der Waals surface area (Å²) >= 11 is 3.56. The number of benzene rings is 1. The predicted molar refractivity (Wildman–Crippen MR) is 108 cm³/mol. The van der Waals surface area contributed by atoms with Crippen molar-refractivity contribution in [3.63, 3.8) is 0 Å². The number of aryl methyl sites for hydroxylation is 1. The summed E-state index contributed by atoms with van der Waals surface area (Å²) in [6.45, 7) is 4.55. The maximum absolute atomic E-state index is 12.7. The van der Waals surface area contributed by atoms with Crippen LogP contribution >= 0.6 is 23.5 Å². The summed E-state index contributed by atoms with van der Waals surface area (Å²) < 4.78 is 5.97. The number of furan rings is 1. The zero-order valence-corrected chi connectivity index (χ0v) is 16.8. The molecule has 2 aromatic rings. The normalized spacial score (nSPS) is 21.1. The molecule has 0 saturated carbocycles. The van der Waals surface area contributed by atoms with Crippen LogP contribution in [0.4, 0.5) is 0 Å². The fourth-order valence-corrected chi connectivity index (χ4v) is 5.30. The molecule has 0 unspecified atom stereocenters. The van der Waals surface area contributed by atoms with E-state index in [1.54, 1.807) is 11.8 Å². The second kappa shape index (κ2) is 7.16.